The average molecular weight is 252 g/mol. The normalized spacial score (nSPS) is 12.2. The van der Waals surface area contributed by atoms with Crippen molar-refractivity contribution in [2.75, 3.05) is 23.5 Å². The third-order valence-corrected chi connectivity index (χ3v) is 3.24. The molecule has 0 saturated carbocycles. The van der Waals surface area contributed by atoms with Crippen LogP contribution in [0.5, 0.6) is 0 Å². The zero-order chi connectivity index (χ0) is 12.7. The molecule has 1 amide bonds. The van der Waals surface area contributed by atoms with Gasteiger partial charge in [-0.3, -0.25) is 4.79 Å². The number of thioether (sulfide) groups is 1. The molecule has 0 saturated heterocycles. The third kappa shape index (κ3) is 4.06. The summed E-state index contributed by atoms with van der Waals surface area (Å²) in [6, 6.07) is 9.26. The Kier molecular flexibility index (Phi) is 6.08. The third-order valence-electron chi connectivity index (χ3n) is 2.60. The quantitative estimate of drug-likeness (QED) is 0.843. The van der Waals surface area contributed by atoms with Gasteiger partial charge in [-0.1, -0.05) is 18.2 Å². The van der Waals surface area contributed by atoms with Gasteiger partial charge in [-0.05, 0) is 37.5 Å². The van der Waals surface area contributed by atoms with E-state index in [-0.39, 0.29) is 5.91 Å². The van der Waals surface area contributed by atoms with E-state index in [4.69, 9.17) is 5.73 Å². The summed E-state index contributed by atoms with van der Waals surface area (Å²) in [7, 11) is 0. The lowest BCUT2D eigenvalue weighted by Gasteiger charge is -2.24. The highest BCUT2D eigenvalue weighted by molar-refractivity contribution is 7.98. The lowest BCUT2D eigenvalue weighted by Crippen LogP contribution is -2.44. The zero-order valence-electron chi connectivity index (χ0n) is 10.4. The number of para-hydroxylation sites is 1. The highest BCUT2D eigenvalue weighted by Crippen LogP contribution is 2.14. The second-order valence-electron chi connectivity index (χ2n) is 3.81. The van der Waals surface area contributed by atoms with Crippen molar-refractivity contribution in [1.29, 1.82) is 0 Å². The smallest absolute Gasteiger partial charge is 0.243 e. The van der Waals surface area contributed by atoms with Crippen molar-refractivity contribution < 1.29 is 4.79 Å². The van der Waals surface area contributed by atoms with Crippen LogP contribution >= 0.6 is 11.8 Å². The molecule has 2 N–H and O–H groups in total. The Balaban J connectivity index is 2.71. The van der Waals surface area contributed by atoms with Gasteiger partial charge in [0.2, 0.25) is 5.91 Å². The van der Waals surface area contributed by atoms with Gasteiger partial charge in [0.25, 0.3) is 0 Å². The van der Waals surface area contributed by atoms with Crippen LogP contribution in [0.3, 0.4) is 0 Å². The van der Waals surface area contributed by atoms with Crippen LogP contribution in [-0.2, 0) is 4.79 Å². The monoisotopic (exact) mass is 252 g/mol. The number of amides is 1. The molecule has 1 rings (SSSR count). The summed E-state index contributed by atoms with van der Waals surface area (Å²) in [5.41, 5.74) is 6.83. The molecule has 1 atom stereocenters. The fraction of sp³-hybridized carbons (Fsp3) is 0.462. The van der Waals surface area contributed by atoms with Gasteiger partial charge >= 0.3 is 0 Å². The Morgan fingerprint density at radius 3 is 2.59 bits per heavy atom. The first-order valence-corrected chi connectivity index (χ1v) is 7.21. The number of carbonyl (C=O) groups excluding carboxylic acids is 1. The van der Waals surface area contributed by atoms with Gasteiger partial charge in [-0.25, -0.2) is 0 Å². The van der Waals surface area contributed by atoms with Crippen molar-refractivity contribution in [3.63, 3.8) is 0 Å². The molecule has 0 aliphatic heterocycles. The molecule has 17 heavy (non-hydrogen) atoms. The second kappa shape index (κ2) is 7.35. The molecule has 0 radical (unpaired) electrons. The maximum Gasteiger partial charge on any atom is 0.243 e. The molecule has 1 aromatic carbocycles. The molecular weight excluding hydrogens is 232 g/mol. The zero-order valence-corrected chi connectivity index (χ0v) is 11.2. The Labute approximate surface area is 107 Å². The van der Waals surface area contributed by atoms with E-state index in [9.17, 15) is 4.79 Å². The van der Waals surface area contributed by atoms with Crippen molar-refractivity contribution in [2.45, 2.75) is 19.4 Å². The van der Waals surface area contributed by atoms with Crippen molar-refractivity contribution in [1.82, 2.24) is 0 Å². The van der Waals surface area contributed by atoms with Crippen LogP contribution in [0.1, 0.15) is 13.3 Å². The van der Waals surface area contributed by atoms with Crippen LogP contribution in [0.15, 0.2) is 30.3 Å². The highest BCUT2D eigenvalue weighted by Gasteiger charge is 2.20. The van der Waals surface area contributed by atoms with Crippen LogP contribution in [0, 0.1) is 0 Å². The van der Waals surface area contributed by atoms with Gasteiger partial charge in [0, 0.05) is 12.2 Å². The molecule has 0 spiro atoms. The molecule has 0 aliphatic rings. The first kappa shape index (κ1) is 14.1. The Morgan fingerprint density at radius 2 is 2.06 bits per heavy atom. The minimum Gasteiger partial charge on any atom is -0.320 e. The molecule has 3 nitrogen and oxygen atoms in total. The minimum atomic E-state index is -0.400. The van der Waals surface area contributed by atoms with Gasteiger partial charge in [0.15, 0.2) is 0 Å². The fourth-order valence-electron chi connectivity index (χ4n) is 1.64. The number of hydrogen-bond donors (Lipinski definition) is 1. The number of benzene rings is 1. The van der Waals surface area contributed by atoms with Crippen molar-refractivity contribution >= 4 is 23.4 Å². The second-order valence-corrected chi connectivity index (χ2v) is 4.79. The summed E-state index contributed by atoms with van der Waals surface area (Å²) in [5, 5.41) is 0. The molecule has 0 aromatic heterocycles. The largest absolute Gasteiger partial charge is 0.320 e. The van der Waals surface area contributed by atoms with E-state index in [2.05, 4.69) is 0 Å². The van der Waals surface area contributed by atoms with Crippen molar-refractivity contribution in [2.24, 2.45) is 5.73 Å². The Morgan fingerprint density at radius 1 is 1.41 bits per heavy atom. The van der Waals surface area contributed by atoms with Crippen LogP contribution in [-0.4, -0.2) is 30.5 Å². The molecule has 0 aliphatic carbocycles. The van der Waals surface area contributed by atoms with E-state index in [1.165, 1.54) is 0 Å². The summed E-state index contributed by atoms with van der Waals surface area (Å²) in [5.74, 6) is 0.923. The van der Waals surface area contributed by atoms with Gasteiger partial charge < -0.3 is 10.6 Å². The molecule has 0 heterocycles. The van der Waals surface area contributed by atoms with Crippen LogP contribution in [0.2, 0.25) is 0 Å². The molecule has 4 heteroatoms. The molecule has 1 aromatic rings. The van der Waals surface area contributed by atoms with Crippen molar-refractivity contribution in [3.05, 3.63) is 30.3 Å². The van der Waals surface area contributed by atoms with E-state index < -0.39 is 6.04 Å². The predicted molar refractivity (Wildman–Crippen MR) is 75.4 cm³/mol. The lowest BCUT2D eigenvalue weighted by atomic mass is 10.2. The molecule has 0 unspecified atom stereocenters. The van der Waals surface area contributed by atoms with Gasteiger partial charge in [-0.2, -0.15) is 11.8 Å². The van der Waals surface area contributed by atoms with Crippen LogP contribution < -0.4 is 10.6 Å². The van der Waals surface area contributed by atoms with E-state index in [0.29, 0.717) is 6.54 Å². The lowest BCUT2D eigenvalue weighted by molar-refractivity contribution is -0.119. The molecule has 0 fully saturated rings. The van der Waals surface area contributed by atoms with E-state index >= 15 is 0 Å². The van der Waals surface area contributed by atoms with E-state index in [1.807, 2.05) is 43.5 Å². The molecular formula is C13H20N2OS. The number of nitrogens with two attached hydrogens (primary N) is 1. The summed E-state index contributed by atoms with van der Waals surface area (Å²) in [6.45, 7) is 2.61. The van der Waals surface area contributed by atoms with Gasteiger partial charge in [0.05, 0.1) is 6.04 Å². The average Bonchev–Trinajstić information content (AvgIpc) is 2.38. The topological polar surface area (TPSA) is 46.3 Å². The fourth-order valence-corrected chi connectivity index (χ4v) is 2.13. The number of hydrogen-bond acceptors (Lipinski definition) is 3. The standard InChI is InChI=1S/C13H20N2OS/c1-3-15(11-7-5-4-6-8-11)13(16)12(14)9-10-17-2/h4-8,12H,3,9-10,14H2,1-2H3/t12-/m1/s1. The maximum absolute atomic E-state index is 12.2. The van der Waals surface area contributed by atoms with Crippen molar-refractivity contribution in [3.8, 4) is 0 Å². The number of nitrogens with zero attached hydrogens (tertiary/aromatic N) is 1. The number of likely N-dealkylation sites (N-methyl/N-ethyl adjacent to an activating group) is 1. The van der Waals surface area contributed by atoms with Crippen LogP contribution in [0.25, 0.3) is 0 Å². The first-order chi connectivity index (χ1) is 8.20. The summed E-state index contributed by atoms with van der Waals surface area (Å²) in [6.07, 6.45) is 2.75. The Bertz CT molecular complexity index is 343. The van der Waals surface area contributed by atoms with E-state index in [1.54, 1.807) is 16.7 Å². The SMILES string of the molecule is CCN(C(=O)[C@H](N)CCSC)c1ccccc1. The minimum absolute atomic E-state index is 0.00718. The number of carbonyl (C=O) groups is 1. The molecule has 94 valence electrons. The number of rotatable bonds is 6. The summed E-state index contributed by atoms with van der Waals surface area (Å²) < 4.78 is 0. The van der Waals surface area contributed by atoms with Gasteiger partial charge in [0.1, 0.15) is 0 Å². The maximum atomic E-state index is 12.2. The predicted octanol–water partition coefficient (Wildman–Crippen LogP) is 2.12. The Hall–Kier alpha value is -1.00. The summed E-state index contributed by atoms with van der Waals surface area (Å²) in [4.78, 5) is 13.9. The highest BCUT2D eigenvalue weighted by atomic mass is 32.2. The van der Waals surface area contributed by atoms with Crippen LogP contribution in [0.4, 0.5) is 5.69 Å². The molecule has 0 bridgehead atoms. The van der Waals surface area contributed by atoms with Gasteiger partial charge in [-0.15, -0.1) is 0 Å². The summed E-state index contributed by atoms with van der Waals surface area (Å²) >= 11 is 1.71. The number of anilines is 1. The first-order valence-electron chi connectivity index (χ1n) is 5.81. The van der Waals surface area contributed by atoms with E-state index in [0.717, 1.165) is 17.9 Å².